The van der Waals surface area contributed by atoms with Gasteiger partial charge in [-0.2, -0.15) is 0 Å². The molecule has 52 valence electrons. The Morgan fingerprint density at radius 1 is 1.30 bits per heavy atom. The van der Waals surface area contributed by atoms with Crippen LogP contribution in [0.5, 0.6) is 0 Å². The average molecular weight is 239 g/mol. The summed E-state index contributed by atoms with van der Waals surface area (Å²) >= 11 is -0.186. The fraction of sp³-hybridized carbons (Fsp3) is 0.333. The molecule has 0 aromatic heterocycles. The van der Waals surface area contributed by atoms with Crippen molar-refractivity contribution in [2.24, 2.45) is 0 Å². The van der Waals surface area contributed by atoms with Crippen LogP contribution in [-0.4, -0.2) is 21.1 Å². The van der Waals surface area contributed by atoms with Crippen LogP contribution < -0.4 is 3.58 Å². The van der Waals surface area contributed by atoms with E-state index in [1.54, 1.807) is 3.58 Å². The maximum absolute atomic E-state index is 2.29. The van der Waals surface area contributed by atoms with Crippen molar-refractivity contribution in [2.45, 2.75) is 18.3 Å². The number of hydrogen-bond acceptors (Lipinski definition) is 0. The molecular weight excluding hydrogens is 227 g/mol. The van der Waals surface area contributed by atoms with E-state index >= 15 is 0 Å². The molecule has 0 aliphatic carbocycles. The topological polar surface area (TPSA) is 0 Å². The summed E-state index contributed by atoms with van der Waals surface area (Å²) in [7, 11) is 0. The molecule has 1 aromatic rings. The van der Waals surface area contributed by atoms with Gasteiger partial charge in [-0.05, 0) is 0 Å². The van der Waals surface area contributed by atoms with Crippen LogP contribution in [0.4, 0.5) is 0 Å². The molecule has 0 amide bonds. The van der Waals surface area contributed by atoms with Gasteiger partial charge < -0.3 is 0 Å². The molecule has 0 N–H and O–H groups in total. The van der Waals surface area contributed by atoms with Crippen LogP contribution in [0.15, 0.2) is 24.3 Å². The maximum atomic E-state index is 2.29. The number of benzene rings is 1. The summed E-state index contributed by atoms with van der Waals surface area (Å²) in [6.07, 6.45) is 0. The van der Waals surface area contributed by atoms with E-state index in [0.29, 0.717) is 0 Å². The van der Waals surface area contributed by atoms with Crippen molar-refractivity contribution in [1.82, 2.24) is 0 Å². The molecule has 0 fully saturated rings. The molecule has 10 heavy (non-hydrogen) atoms. The summed E-state index contributed by atoms with van der Waals surface area (Å²) in [6.45, 7) is 4.50. The van der Waals surface area contributed by atoms with Gasteiger partial charge in [-0.15, -0.1) is 0 Å². The van der Waals surface area contributed by atoms with Crippen molar-refractivity contribution >= 4 is 24.7 Å². The van der Waals surface area contributed by atoms with Crippen LogP contribution in [0.3, 0.4) is 0 Å². The van der Waals surface area contributed by atoms with Gasteiger partial charge in [0.25, 0.3) is 0 Å². The van der Waals surface area contributed by atoms with Crippen LogP contribution >= 0.6 is 0 Å². The Labute approximate surface area is 72.9 Å². The number of aryl methyl sites for hydroxylation is 1. The van der Waals surface area contributed by atoms with Crippen molar-refractivity contribution in [3.8, 4) is 0 Å². The number of rotatable bonds is 2. The second-order valence-electron chi connectivity index (χ2n) is 2.35. The van der Waals surface area contributed by atoms with Crippen LogP contribution in [0.2, 0.25) is 4.44 Å². The standard InChI is InChI=1S/C7H7.C2H5.Sn/c1-7-5-3-2-4-6-7;1-2;/h2-5H,1H3;1H2,2H3;. The summed E-state index contributed by atoms with van der Waals surface area (Å²) < 4.78 is 3.07. The molecule has 2 radical (unpaired) electrons. The Bertz CT molecular complexity index is 206. The Morgan fingerprint density at radius 3 is 2.60 bits per heavy atom. The predicted molar refractivity (Wildman–Crippen MR) is 47.0 cm³/mol. The zero-order chi connectivity index (χ0) is 7.40. The van der Waals surface area contributed by atoms with E-state index in [1.165, 1.54) is 10.0 Å². The monoisotopic (exact) mass is 240 g/mol. The van der Waals surface area contributed by atoms with Gasteiger partial charge >= 0.3 is 72.8 Å². The van der Waals surface area contributed by atoms with Crippen molar-refractivity contribution in [1.29, 1.82) is 0 Å². The molecular formula is C9H12Sn. The van der Waals surface area contributed by atoms with Gasteiger partial charge in [-0.25, -0.2) is 0 Å². The van der Waals surface area contributed by atoms with Gasteiger partial charge in [-0.1, -0.05) is 0 Å². The van der Waals surface area contributed by atoms with Crippen LogP contribution in [0.25, 0.3) is 0 Å². The average Bonchev–Trinajstić information content (AvgIpc) is 1.94. The van der Waals surface area contributed by atoms with E-state index in [-0.39, 0.29) is 21.1 Å². The fourth-order valence-corrected chi connectivity index (χ4v) is 3.69. The Balaban J connectivity index is 2.81. The van der Waals surface area contributed by atoms with Crippen molar-refractivity contribution < 1.29 is 0 Å². The Morgan fingerprint density at radius 2 is 2.00 bits per heavy atom. The molecule has 0 nitrogen and oxygen atoms in total. The van der Waals surface area contributed by atoms with Crippen LogP contribution in [0.1, 0.15) is 12.5 Å². The second-order valence-corrected chi connectivity index (χ2v) is 6.91. The molecule has 0 unspecified atom stereocenters. The van der Waals surface area contributed by atoms with E-state index in [0.717, 1.165) is 0 Å². The Kier molecular flexibility index (Phi) is 3.26. The minimum absolute atomic E-state index is 0.186. The molecule has 0 spiro atoms. The van der Waals surface area contributed by atoms with E-state index < -0.39 is 0 Å². The SMILES string of the molecule is C[CH2][Sn][c]1ccccc1C. The summed E-state index contributed by atoms with van der Waals surface area (Å²) in [4.78, 5) is 0. The van der Waals surface area contributed by atoms with E-state index in [9.17, 15) is 0 Å². The molecule has 1 rings (SSSR count). The van der Waals surface area contributed by atoms with Gasteiger partial charge in [0.2, 0.25) is 0 Å². The third kappa shape index (κ3) is 2.01. The first kappa shape index (κ1) is 8.12. The van der Waals surface area contributed by atoms with Gasteiger partial charge in [0.05, 0.1) is 0 Å². The third-order valence-electron chi connectivity index (χ3n) is 1.51. The fourth-order valence-electron chi connectivity index (χ4n) is 0.962. The molecule has 0 saturated carbocycles. The van der Waals surface area contributed by atoms with Gasteiger partial charge in [-0.3, -0.25) is 0 Å². The molecule has 1 aromatic carbocycles. The first-order valence-corrected chi connectivity index (χ1v) is 7.08. The van der Waals surface area contributed by atoms with E-state index in [4.69, 9.17) is 0 Å². The first-order valence-electron chi connectivity index (χ1n) is 3.64. The number of hydrogen-bond donors (Lipinski definition) is 0. The summed E-state index contributed by atoms with van der Waals surface area (Å²) in [5.41, 5.74) is 1.50. The van der Waals surface area contributed by atoms with E-state index in [1.807, 2.05) is 0 Å². The van der Waals surface area contributed by atoms with Gasteiger partial charge in [0.1, 0.15) is 0 Å². The second kappa shape index (κ2) is 4.01. The normalized spacial score (nSPS) is 9.80. The van der Waals surface area contributed by atoms with Crippen molar-refractivity contribution in [2.75, 3.05) is 0 Å². The molecule has 0 saturated heterocycles. The summed E-state index contributed by atoms with van der Waals surface area (Å²) in [5, 5.41) is 0. The van der Waals surface area contributed by atoms with Crippen molar-refractivity contribution in [3.05, 3.63) is 29.8 Å². The molecule has 1 heteroatoms. The molecule has 0 atom stereocenters. The third-order valence-corrected chi connectivity index (χ3v) is 5.21. The summed E-state index contributed by atoms with van der Waals surface area (Å²) in [5.74, 6) is 0. The van der Waals surface area contributed by atoms with E-state index in [2.05, 4.69) is 38.1 Å². The van der Waals surface area contributed by atoms with Crippen LogP contribution in [-0.2, 0) is 0 Å². The molecule has 0 bridgehead atoms. The zero-order valence-electron chi connectivity index (χ0n) is 6.52. The van der Waals surface area contributed by atoms with Gasteiger partial charge in [0, 0.05) is 0 Å². The molecule has 0 aliphatic heterocycles. The molecule has 0 heterocycles. The summed E-state index contributed by atoms with van der Waals surface area (Å²) in [6, 6.07) is 8.77. The zero-order valence-corrected chi connectivity index (χ0v) is 9.37. The Hall–Kier alpha value is 0.0187. The minimum atomic E-state index is -0.186. The van der Waals surface area contributed by atoms with Gasteiger partial charge in [0.15, 0.2) is 0 Å². The quantitative estimate of drug-likeness (QED) is 0.689. The van der Waals surface area contributed by atoms with Crippen molar-refractivity contribution in [3.63, 3.8) is 0 Å². The van der Waals surface area contributed by atoms with Crippen LogP contribution in [0, 0.1) is 6.92 Å². The first-order chi connectivity index (χ1) is 4.84. The molecule has 0 aliphatic rings. The predicted octanol–water partition coefficient (Wildman–Crippen LogP) is 1.76.